The zero-order valence-corrected chi connectivity index (χ0v) is 46.2. The summed E-state index contributed by atoms with van der Waals surface area (Å²) in [5.74, 6) is 0. The Kier molecular flexibility index (Phi) is 10.6. The van der Waals surface area contributed by atoms with Gasteiger partial charge in [-0.05, 0) is 188 Å². The van der Waals surface area contributed by atoms with Gasteiger partial charge in [0, 0.05) is 72.2 Å². The molecule has 0 unspecified atom stereocenters. The lowest BCUT2D eigenvalue weighted by Gasteiger charge is -2.28. The molecule has 0 saturated heterocycles. The lowest BCUT2D eigenvalue weighted by Crippen LogP contribution is -2.16. The molecular weight excluding hydrogens is 995 g/mol. The van der Waals surface area contributed by atoms with Crippen LogP contribution in [-0.2, 0) is 10.8 Å². The highest BCUT2D eigenvalue weighted by molar-refractivity contribution is 6.13. The fourth-order valence-electron chi connectivity index (χ4n) is 13.8. The molecule has 4 heteroatoms. The average Bonchev–Trinajstić information content (AvgIpc) is 4.15. The van der Waals surface area contributed by atoms with E-state index < -0.39 is 0 Å². The molecule has 2 aliphatic rings. The van der Waals surface area contributed by atoms with E-state index in [4.69, 9.17) is 4.42 Å². The fraction of sp³-hybridized carbons (Fsp3) is 0.0769. The van der Waals surface area contributed by atoms with Crippen LogP contribution in [0, 0.1) is 0 Å². The van der Waals surface area contributed by atoms with Gasteiger partial charge in [0.1, 0.15) is 11.2 Å². The van der Waals surface area contributed by atoms with Crippen molar-refractivity contribution in [1.82, 2.24) is 4.57 Å². The number of hydrogen-bond donors (Lipinski definition) is 0. The zero-order valence-electron chi connectivity index (χ0n) is 46.2. The molecule has 0 radical (unpaired) electrons. The fourth-order valence-corrected chi connectivity index (χ4v) is 13.8. The summed E-state index contributed by atoms with van der Waals surface area (Å²) in [6, 6.07) is 100. The molecule has 0 aliphatic heterocycles. The second-order valence-corrected chi connectivity index (χ2v) is 23.3. The molecule has 14 aromatic rings. The first-order valence-electron chi connectivity index (χ1n) is 28.6. The number of furan rings is 1. The SMILES string of the molecule is CC1(C)c2ccccc2-c2ccc(N(c3ccccc3)c3ccc(-c4ccc5c(c4)c4cc(-c6ccc(N(c7ccccc7)c7ccc8c(c7)C(C)(C)c7ccccc7-8)cc6)ccc4n5-c4ccc5oc6ccccc6c5c4)cc3)cc21. The van der Waals surface area contributed by atoms with Gasteiger partial charge in [0.05, 0.1) is 11.0 Å². The molecule has 0 amide bonds. The van der Waals surface area contributed by atoms with Crippen molar-refractivity contribution in [1.29, 1.82) is 0 Å². The van der Waals surface area contributed by atoms with Gasteiger partial charge in [-0.1, -0.05) is 179 Å². The quantitative estimate of drug-likeness (QED) is 0.144. The lowest BCUT2D eigenvalue weighted by molar-refractivity contribution is 0.660. The van der Waals surface area contributed by atoms with Crippen LogP contribution in [0.5, 0.6) is 0 Å². The van der Waals surface area contributed by atoms with E-state index in [0.717, 1.165) is 95.0 Å². The molecule has 0 saturated carbocycles. The van der Waals surface area contributed by atoms with Crippen molar-refractivity contribution in [2.45, 2.75) is 38.5 Å². The number of aromatic nitrogens is 1. The van der Waals surface area contributed by atoms with E-state index in [1.54, 1.807) is 0 Å². The summed E-state index contributed by atoms with van der Waals surface area (Å²) in [4.78, 5) is 4.78. The Hall–Kier alpha value is -10.2. The van der Waals surface area contributed by atoms with Crippen molar-refractivity contribution < 1.29 is 4.42 Å². The standard InChI is InChI=1S/C78H57N3O/c1-77(2)69-24-14-11-21-61(69)63-40-37-59(48-71(63)77)79(54-17-7-5-8-18-54)56-33-27-50(28-34-56)52-31-42-73-66(45-52)67-46-53(32-43-74(67)81(73)58-39-44-76-68(47-58)65-23-13-16-26-75(65)82-76)51-29-35-57(36-30-51)80(55-19-9-6-10-20-55)60-38-41-64-62-22-12-15-25-70(62)78(3,4)72(64)49-60/h5-49H,1-4H3. The summed E-state index contributed by atoms with van der Waals surface area (Å²) in [6.45, 7) is 9.41. The number of nitrogens with zero attached hydrogens (tertiary/aromatic N) is 3. The van der Waals surface area contributed by atoms with Crippen LogP contribution in [-0.4, -0.2) is 4.57 Å². The molecule has 0 N–H and O–H groups in total. The van der Waals surface area contributed by atoms with Gasteiger partial charge in [-0.15, -0.1) is 0 Å². The van der Waals surface area contributed by atoms with Gasteiger partial charge < -0.3 is 18.8 Å². The first-order chi connectivity index (χ1) is 40.2. The number of para-hydroxylation sites is 3. The molecule has 2 aliphatic carbocycles. The van der Waals surface area contributed by atoms with E-state index in [1.165, 1.54) is 55.3 Å². The van der Waals surface area contributed by atoms with Gasteiger partial charge >= 0.3 is 0 Å². The summed E-state index contributed by atoms with van der Waals surface area (Å²) in [5.41, 5.74) is 27.1. The number of hydrogen-bond acceptors (Lipinski definition) is 3. The summed E-state index contributed by atoms with van der Waals surface area (Å²) < 4.78 is 8.76. The molecule has 0 spiro atoms. The maximum atomic E-state index is 6.34. The maximum absolute atomic E-state index is 6.34. The third-order valence-electron chi connectivity index (χ3n) is 18.0. The third kappa shape index (κ3) is 7.38. The first-order valence-corrected chi connectivity index (χ1v) is 28.6. The Labute approximate surface area is 478 Å². The Morgan fingerprint density at radius 2 is 0.683 bits per heavy atom. The molecule has 0 atom stereocenters. The van der Waals surface area contributed by atoms with Crippen molar-refractivity contribution in [3.63, 3.8) is 0 Å². The van der Waals surface area contributed by atoms with Crippen LogP contribution >= 0.6 is 0 Å². The molecule has 16 rings (SSSR count). The van der Waals surface area contributed by atoms with Crippen LogP contribution in [0.4, 0.5) is 34.1 Å². The highest BCUT2D eigenvalue weighted by Crippen LogP contribution is 2.53. The third-order valence-corrected chi connectivity index (χ3v) is 18.0. The number of rotatable bonds is 9. The van der Waals surface area contributed by atoms with E-state index in [9.17, 15) is 0 Å². The Morgan fingerprint density at radius 1 is 0.280 bits per heavy atom. The van der Waals surface area contributed by atoms with Crippen LogP contribution in [0.15, 0.2) is 277 Å². The van der Waals surface area contributed by atoms with Crippen molar-refractivity contribution in [2.24, 2.45) is 0 Å². The molecule has 0 fully saturated rings. The van der Waals surface area contributed by atoms with Crippen LogP contribution in [0.3, 0.4) is 0 Å². The molecule has 0 bridgehead atoms. The summed E-state index contributed by atoms with van der Waals surface area (Å²) in [6.07, 6.45) is 0. The van der Waals surface area contributed by atoms with Crippen molar-refractivity contribution in [3.05, 3.63) is 295 Å². The van der Waals surface area contributed by atoms with Gasteiger partial charge in [0.15, 0.2) is 0 Å². The van der Waals surface area contributed by atoms with Crippen LogP contribution in [0.1, 0.15) is 49.9 Å². The Balaban J connectivity index is 0.796. The number of anilines is 6. The topological polar surface area (TPSA) is 24.6 Å². The summed E-state index contributed by atoms with van der Waals surface area (Å²) >= 11 is 0. The minimum absolute atomic E-state index is 0.109. The number of benzene rings is 12. The highest BCUT2D eigenvalue weighted by Gasteiger charge is 2.37. The smallest absolute Gasteiger partial charge is 0.135 e. The van der Waals surface area contributed by atoms with Crippen molar-refractivity contribution in [3.8, 4) is 50.2 Å². The average molecular weight is 1050 g/mol. The Morgan fingerprint density at radius 3 is 1.20 bits per heavy atom. The minimum Gasteiger partial charge on any atom is -0.456 e. The predicted octanol–water partition coefficient (Wildman–Crippen LogP) is 21.6. The minimum atomic E-state index is -0.109. The number of fused-ring (bicyclic) bond motifs is 12. The Bertz CT molecular complexity index is 4600. The molecule has 4 nitrogen and oxygen atoms in total. The van der Waals surface area contributed by atoms with Crippen molar-refractivity contribution >= 4 is 77.9 Å². The van der Waals surface area contributed by atoms with Crippen molar-refractivity contribution in [2.75, 3.05) is 9.80 Å². The first kappa shape index (κ1) is 47.8. The summed E-state index contributed by atoms with van der Waals surface area (Å²) in [7, 11) is 0. The normalized spacial score (nSPS) is 13.6. The lowest BCUT2D eigenvalue weighted by atomic mass is 9.82. The monoisotopic (exact) mass is 1050 g/mol. The van der Waals surface area contributed by atoms with E-state index in [0.29, 0.717) is 0 Å². The van der Waals surface area contributed by atoms with E-state index >= 15 is 0 Å². The van der Waals surface area contributed by atoms with Gasteiger partial charge in [-0.3, -0.25) is 0 Å². The molecular formula is C78H57N3O. The van der Waals surface area contributed by atoms with Crippen LogP contribution < -0.4 is 9.80 Å². The summed E-state index contributed by atoms with van der Waals surface area (Å²) in [5, 5.41) is 4.60. The van der Waals surface area contributed by atoms with Crippen LogP contribution in [0.25, 0.3) is 93.9 Å². The van der Waals surface area contributed by atoms with Gasteiger partial charge in [-0.25, -0.2) is 0 Å². The van der Waals surface area contributed by atoms with E-state index in [1.807, 2.05) is 6.07 Å². The van der Waals surface area contributed by atoms with E-state index in [-0.39, 0.29) is 10.8 Å². The molecule has 2 aromatic heterocycles. The van der Waals surface area contributed by atoms with Gasteiger partial charge in [0.25, 0.3) is 0 Å². The molecule has 12 aromatic carbocycles. The van der Waals surface area contributed by atoms with Gasteiger partial charge in [-0.2, -0.15) is 0 Å². The van der Waals surface area contributed by atoms with E-state index in [2.05, 4.69) is 309 Å². The maximum Gasteiger partial charge on any atom is 0.135 e. The molecule has 82 heavy (non-hydrogen) atoms. The second-order valence-electron chi connectivity index (χ2n) is 23.3. The predicted molar refractivity (Wildman–Crippen MR) is 343 cm³/mol. The highest BCUT2D eigenvalue weighted by atomic mass is 16.3. The largest absolute Gasteiger partial charge is 0.456 e. The molecule has 390 valence electrons. The van der Waals surface area contributed by atoms with Crippen LogP contribution in [0.2, 0.25) is 0 Å². The zero-order chi connectivity index (χ0) is 54.8. The molecule has 2 heterocycles. The van der Waals surface area contributed by atoms with Gasteiger partial charge in [0.2, 0.25) is 0 Å². The second kappa shape index (κ2) is 18.2.